The first-order valence-corrected chi connectivity index (χ1v) is 6.14. The van der Waals surface area contributed by atoms with Gasteiger partial charge >= 0.3 is 5.97 Å². The normalized spacial score (nSPS) is 15.8. The lowest BCUT2D eigenvalue weighted by Gasteiger charge is -2.21. The Balaban J connectivity index is 2.22. The third-order valence-corrected chi connectivity index (χ3v) is 2.53. The molecule has 1 rings (SSSR count). The van der Waals surface area contributed by atoms with Gasteiger partial charge in [0, 0.05) is 12.6 Å². The second-order valence-corrected chi connectivity index (χ2v) is 4.43. The average Bonchev–Trinajstić information content (AvgIpc) is 2.99. The summed E-state index contributed by atoms with van der Waals surface area (Å²) in [6, 6.07) is 0.570. The summed E-state index contributed by atoms with van der Waals surface area (Å²) in [6.07, 6.45) is 2.64. The van der Waals surface area contributed by atoms with Crippen molar-refractivity contribution in [3.05, 3.63) is 0 Å². The molecule has 0 amide bonds. The van der Waals surface area contributed by atoms with Gasteiger partial charge in [-0.05, 0) is 33.6 Å². The Labute approximate surface area is 97.9 Å². The van der Waals surface area contributed by atoms with E-state index in [1.807, 2.05) is 20.8 Å². The van der Waals surface area contributed by atoms with E-state index in [2.05, 4.69) is 4.90 Å². The molecule has 0 radical (unpaired) electrons. The van der Waals surface area contributed by atoms with E-state index >= 15 is 0 Å². The SMILES string of the molecule is CCOC(=O)CN(CCOC(C)C)C1CC1. The summed E-state index contributed by atoms with van der Waals surface area (Å²) in [5.74, 6) is -0.126. The molecule has 0 aromatic carbocycles. The maximum Gasteiger partial charge on any atom is 0.320 e. The molecule has 4 heteroatoms. The molecule has 1 aliphatic carbocycles. The van der Waals surface area contributed by atoms with Gasteiger partial charge in [0.15, 0.2) is 0 Å². The lowest BCUT2D eigenvalue weighted by Crippen LogP contribution is -2.36. The molecule has 1 fully saturated rings. The van der Waals surface area contributed by atoms with Crippen LogP contribution >= 0.6 is 0 Å². The van der Waals surface area contributed by atoms with Gasteiger partial charge in [-0.3, -0.25) is 9.69 Å². The Morgan fingerprint density at radius 1 is 1.44 bits per heavy atom. The van der Waals surface area contributed by atoms with E-state index < -0.39 is 0 Å². The summed E-state index contributed by atoms with van der Waals surface area (Å²) in [7, 11) is 0. The van der Waals surface area contributed by atoms with E-state index in [1.165, 1.54) is 12.8 Å². The van der Waals surface area contributed by atoms with Crippen molar-refractivity contribution in [3.63, 3.8) is 0 Å². The van der Waals surface area contributed by atoms with Crippen LogP contribution in [0.25, 0.3) is 0 Å². The van der Waals surface area contributed by atoms with Gasteiger partial charge in [-0.15, -0.1) is 0 Å². The van der Waals surface area contributed by atoms with Crippen LogP contribution in [0, 0.1) is 0 Å². The molecule has 0 aromatic heterocycles. The van der Waals surface area contributed by atoms with Crippen molar-refractivity contribution < 1.29 is 14.3 Å². The minimum Gasteiger partial charge on any atom is -0.465 e. The van der Waals surface area contributed by atoms with E-state index in [1.54, 1.807) is 0 Å². The van der Waals surface area contributed by atoms with Crippen LogP contribution in [0.2, 0.25) is 0 Å². The Morgan fingerprint density at radius 3 is 2.62 bits per heavy atom. The lowest BCUT2D eigenvalue weighted by atomic mass is 10.4. The largest absolute Gasteiger partial charge is 0.465 e. The first-order chi connectivity index (χ1) is 7.63. The molecule has 16 heavy (non-hydrogen) atoms. The number of nitrogens with zero attached hydrogens (tertiary/aromatic N) is 1. The lowest BCUT2D eigenvalue weighted by molar-refractivity contribution is -0.144. The highest BCUT2D eigenvalue weighted by Crippen LogP contribution is 2.26. The molecule has 0 heterocycles. The average molecular weight is 229 g/mol. The third-order valence-electron chi connectivity index (χ3n) is 2.53. The van der Waals surface area contributed by atoms with Crippen molar-refractivity contribution in [1.82, 2.24) is 4.90 Å². The van der Waals surface area contributed by atoms with Crippen molar-refractivity contribution in [3.8, 4) is 0 Å². The second kappa shape index (κ2) is 6.86. The molecule has 0 aliphatic heterocycles. The van der Waals surface area contributed by atoms with Gasteiger partial charge in [0.05, 0.1) is 25.9 Å². The van der Waals surface area contributed by atoms with Gasteiger partial charge in [-0.2, -0.15) is 0 Å². The van der Waals surface area contributed by atoms with Crippen LogP contribution in [0.1, 0.15) is 33.6 Å². The molecule has 0 bridgehead atoms. The molecule has 1 aliphatic rings. The number of carbonyl (C=O) groups is 1. The number of ether oxygens (including phenoxy) is 2. The number of hydrogen-bond donors (Lipinski definition) is 0. The molecule has 0 spiro atoms. The number of hydrogen-bond acceptors (Lipinski definition) is 4. The topological polar surface area (TPSA) is 38.8 Å². The van der Waals surface area contributed by atoms with Gasteiger partial charge < -0.3 is 9.47 Å². The monoisotopic (exact) mass is 229 g/mol. The molecule has 0 aromatic rings. The number of esters is 1. The van der Waals surface area contributed by atoms with Crippen LogP contribution in [0.5, 0.6) is 0 Å². The Kier molecular flexibility index (Phi) is 5.77. The van der Waals surface area contributed by atoms with Crippen LogP contribution in [-0.4, -0.2) is 49.3 Å². The summed E-state index contributed by atoms with van der Waals surface area (Å²) < 4.78 is 10.5. The number of rotatable bonds is 8. The fourth-order valence-corrected chi connectivity index (χ4v) is 1.61. The van der Waals surface area contributed by atoms with Crippen molar-refractivity contribution >= 4 is 5.97 Å². The van der Waals surface area contributed by atoms with Crippen LogP contribution < -0.4 is 0 Å². The molecule has 1 saturated carbocycles. The molecule has 0 unspecified atom stereocenters. The van der Waals surface area contributed by atoms with Gasteiger partial charge in [0.25, 0.3) is 0 Å². The Hall–Kier alpha value is -0.610. The second-order valence-electron chi connectivity index (χ2n) is 4.43. The van der Waals surface area contributed by atoms with Crippen molar-refractivity contribution in [2.45, 2.75) is 45.8 Å². The van der Waals surface area contributed by atoms with Crippen molar-refractivity contribution in [1.29, 1.82) is 0 Å². The summed E-state index contributed by atoms with van der Waals surface area (Å²) in [4.78, 5) is 13.5. The Bertz CT molecular complexity index is 214. The molecule has 0 N–H and O–H groups in total. The fraction of sp³-hybridized carbons (Fsp3) is 0.917. The maximum atomic E-state index is 11.4. The zero-order valence-corrected chi connectivity index (χ0v) is 10.6. The fourth-order valence-electron chi connectivity index (χ4n) is 1.61. The predicted octanol–water partition coefficient (Wildman–Crippen LogP) is 1.44. The van der Waals surface area contributed by atoms with E-state index in [4.69, 9.17) is 9.47 Å². The van der Waals surface area contributed by atoms with Crippen LogP contribution in [0.3, 0.4) is 0 Å². The minimum absolute atomic E-state index is 0.126. The first kappa shape index (κ1) is 13.5. The highest BCUT2D eigenvalue weighted by Gasteiger charge is 2.30. The minimum atomic E-state index is -0.126. The zero-order chi connectivity index (χ0) is 12.0. The first-order valence-electron chi connectivity index (χ1n) is 6.14. The third kappa shape index (κ3) is 5.47. The molecule has 4 nitrogen and oxygen atoms in total. The molecule has 0 saturated heterocycles. The van der Waals surface area contributed by atoms with Gasteiger partial charge in [-0.25, -0.2) is 0 Å². The summed E-state index contributed by atoms with van der Waals surface area (Å²) in [5, 5.41) is 0. The van der Waals surface area contributed by atoms with Gasteiger partial charge in [0.1, 0.15) is 0 Å². The smallest absolute Gasteiger partial charge is 0.320 e. The quantitative estimate of drug-likeness (QED) is 0.590. The summed E-state index contributed by atoms with van der Waals surface area (Å²) in [6.45, 7) is 8.25. The summed E-state index contributed by atoms with van der Waals surface area (Å²) in [5.41, 5.74) is 0. The van der Waals surface area contributed by atoms with Crippen LogP contribution in [0.15, 0.2) is 0 Å². The molecule has 0 atom stereocenters. The summed E-state index contributed by atoms with van der Waals surface area (Å²) >= 11 is 0. The van der Waals surface area contributed by atoms with Gasteiger partial charge in [0.2, 0.25) is 0 Å². The van der Waals surface area contributed by atoms with Crippen LogP contribution in [0.4, 0.5) is 0 Å². The highest BCUT2D eigenvalue weighted by molar-refractivity contribution is 5.71. The van der Waals surface area contributed by atoms with Gasteiger partial charge in [-0.1, -0.05) is 0 Å². The van der Waals surface area contributed by atoms with Crippen molar-refractivity contribution in [2.24, 2.45) is 0 Å². The van der Waals surface area contributed by atoms with E-state index in [-0.39, 0.29) is 12.1 Å². The highest BCUT2D eigenvalue weighted by atomic mass is 16.5. The standard InChI is InChI=1S/C12H23NO3/c1-4-15-12(14)9-13(11-5-6-11)7-8-16-10(2)3/h10-11H,4-9H2,1-3H3. The Morgan fingerprint density at radius 2 is 2.12 bits per heavy atom. The van der Waals surface area contributed by atoms with E-state index in [0.717, 1.165) is 6.54 Å². The maximum absolute atomic E-state index is 11.4. The number of carbonyl (C=O) groups excluding carboxylic acids is 1. The molecular formula is C12H23NO3. The van der Waals surface area contributed by atoms with Crippen molar-refractivity contribution in [2.75, 3.05) is 26.3 Å². The molecule has 94 valence electrons. The predicted molar refractivity (Wildman–Crippen MR) is 62.3 cm³/mol. The van der Waals surface area contributed by atoms with E-state index in [0.29, 0.717) is 25.8 Å². The van der Waals surface area contributed by atoms with E-state index in [9.17, 15) is 4.79 Å². The molecular weight excluding hydrogens is 206 g/mol. The zero-order valence-electron chi connectivity index (χ0n) is 10.6. The van der Waals surface area contributed by atoms with Crippen LogP contribution in [-0.2, 0) is 14.3 Å².